The second-order valence-electron chi connectivity index (χ2n) is 8.11. The minimum absolute atomic E-state index is 0.0492. The van der Waals surface area contributed by atoms with E-state index in [0.717, 1.165) is 49.8 Å². The van der Waals surface area contributed by atoms with Gasteiger partial charge in [-0.15, -0.1) is 0 Å². The highest BCUT2D eigenvalue weighted by Gasteiger charge is 2.13. The van der Waals surface area contributed by atoms with Crippen LogP contribution < -0.4 is 4.74 Å². The van der Waals surface area contributed by atoms with Crippen LogP contribution in [0.4, 0.5) is 0 Å². The first kappa shape index (κ1) is 28.4. The lowest BCUT2D eigenvalue weighted by atomic mass is 10.1. The Kier molecular flexibility index (Phi) is 14.3. The molecule has 1 aliphatic heterocycles. The molecule has 7 heteroatoms. The van der Waals surface area contributed by atoms with E-state index in [-0.39, 0.29) is 12.3 Å². The SMILES string of the molecule is CCOC(=O)CCCCOc1cccc(C#CCCCCOC2CCCCO2)c1C=CC(=O)OC. The van der Waals surface area contributed by atoms with Crippen molar-refractivity contribution in [1.82, 2.24) is 0 Å². The molecule has 0 spiro atoms. The molecule has 7 nitrogen and oxygen atoms in total. The summed E-state index contributed by atoms with van der Waals surface area (Å²) in [6.45, 7) is 4.10. The fourth-order valence-electron chi connectivity index (χ4n) is 3.49. The normalized spacial score (nSPS) is 15.3. The van der Waals surface area contributed by atoms with Crippen LogP contribution in [-0.4, -0.2) is 51.8 Å². The molecule has 35 heavy (non-hydrogen) atoms. The quantitative estimate of drug-likeness (QED) is 0.158. The average molecular weight is 487 g/mol. The summed E-state index contributed by atoms with van der Waals surface area (Å²) >= 11 is 0. The van der Waals surface area contributed by atoms with Gasteiger partial charge in [0, 0.05) is 43.3 Å². The monoisotopic (exact) mass is 486 g/mol. The Labute approximate surface area is 209 Å². The van der Waals surface area contributed by atoms with Crippen molar-refractivity contribution in [3.05, 3.63) is 35.4 Å². The number of methoxy groups -OCH3 is 1. The molecule has 1 saturated heterocycles. The van der Waals surface area contributed by atoms with Crippen molar-refractivity contribution in [1.29, 1.82) is 0 Å². The van der Waals surface area contributed by atoms with E-state index in [1.54, 1.807) is 13.0 Å². The summed E-state index contributed by atoms with van der Waals surface area (Å²) in [6.07, 6.45) is 10.6. The molecule has 1 atom stereocenters. The van der Waals surface area contributed by atoms with Gasteiger partial charge in [-0.3, -0.25) is 4.79 Å². The molecule has 192 valence electrons. The zero-order valence-corrected chi connectivity index (χ0v) is 21.0. The minimum Gasteiger partial charge on any atom is -0.493 e. The molecular formula is C28H38O7. The Morgan fingerprint density at radius 3 is 2.77 bits per heavy atom. The van der Waals surface area contributed by atoms with Gasteiger partial charge in [-0.2, -0.15) is 0 Å². The zero-order valence-electron chi connectivity index (χ0n) is 21.0. The molecular weight excluding hydrogens is 448 g/mol. The van der Waals surface area contributed by atoms with Crippen molar-refractivity contribution in [2.75, 3.05) is 33.5 Å². The molecule has 0 aliphatic carbocycles. The van der Waals surface area contributed by atoms with E-state index in [1.165, 1.54) is 19.6 Å². The van der Waals surface area contributed by atoms with E-state index >= 15 is 0 Å². The van der Waals surface area contributed by atoms with Crippen LogP contribution in [0.15, 0.2) is 24.3 Å². The third kappa shape index (κ3) is 11.9. The highest BCUT2D eigenvalue weighted by Crippen LogP contribution is 2.24. The molecule has 1 fully saturated rings. The molecule has 0 saturated carbocycles. The van der Waals surface area contributed by atoms with Crippen molar-refractivity contribution in [3.63, 3.8) is 0 Å². The summed E-state index contributed by atoms with van der Waals surface area (Å²) in [4.78, 5) is 23.1. The molecule has 1 aliphatic rings. The Balaban J connectivity index is 1.88. The summed E-state index contributed by atoms with van der Waals surface area (Å²) in [5.74, 6) is 6.41. The lowest BCUT2D eigenvalue weighted by Crippen LogP contribution is -2.22. The summed E-state index contributed by atoms with van der Waals surface area (Å²) in [5.41, 5.74) is 1.51. The molecule has 1 aromatic carbocycles. The first-order valence-electron chi connectivity index (χ1n) is 12.5. The van der Waals surface area contributed by atoms with E-state index < -0.39 is 5.97 Å². The Bertz CT molecular complexity index is 860. The molecule has 2 rings (SSSR count). The highest BCUT2D eigenvalue weighted by atomic mass is 16.7. The fourth-order valence-corrected chi connectivity index (χ4v) is 3.49. The highest BCUT2D eigenvalue weighted by molar-refractivity contribution is 5.88. The van der Waals surface area contributed by atoms with Gasteiger partial charge in [-0.05, 0) is 70.1 Å². The van der Waals surface area contributed by atoms with Crippen LogP contribution in [0.3, 0.4) is 0 Å². The first-order chi connectivity index (χ1) is 17.1. The van der Waals surface area contributed by atoms with E-state index in [2.05, 4.69) is 11.8 Å². The number of unbranched alkanes of at least 4 members (excludes halogenated alkanes) is 3. The van der Waals surface area contributed by atoms with Gasteiger partial charge < -0.3 is 23.7 Å². The smallest absolute Gasteiger partial charge is 0.330 e. The van der Waals surface area contributed by atoms with Crippen LogP contribution in [0.2, 0.25) is 0 Å². The van der Waals surface area contributed by atoms with Crippen molar-refractivity contribution in [2.45, 2.75) is 71.0 Å². The number of hydrogen-bond acceptors (Lipinski definition) is 7. The lowest BCUT2D eigenvalue weighted by Gasteiger charge is -2.22. The van der Waals surface area contributed by atoms with Gasteiger partial charge in [0.25, 0.3) is 0 Å². The van der Waals surface area contributed by atoms with Gasteiger partial charge in [-0.1, -0.05) is 17.9 Å². The molecule has 1 aromatic rings. The Morgan fingerprint density at radius 1 is 1.14 bits per heavy atom. The Morgan fingerprint density at radius 2 is 2.00 bits per heavy atom. The molecule has 0 bridgehead atoms. The van der Waals surface area contributed by atoms with Crippen LogP contribution in [-0.2, 0) is 28.5 Å². The van der Waals surface area contributed by atoms with E-state index in [1.807, 2.05) is 18.2 Å². The van der Waals surface area contributed by atoms with E-state index in [9.17, 15) is 9.59 Å². The lowest BCUT2D eigenvalue weighted by molar-refractivity contribution is -0.162. The third-order valence-corrected chi connectivity index (χ3v) is 5.35. The maximum Gasteiger partial charge on any atom is 0.330 e. The summed E-state index contributed by atoms with van der Waals surface area (Å²) in [7, 11) is 1.34. The summed E-state index contributed by atoms with van der Waals surface area (Å²) in [5, 5.41) is 0. The van der Waals surface area contributed by atoms with E-state index in [0.29, 0.717) is 44.8 Å². The number of rotatable bonds is 14. The summed E-state index contributed by atoms with van der Waals surface area (Å²) in [6, 6.07) is 5.63. The second-order valence-corrected chi connectivity index (χ2v) is 8.11. The number of carbonyl (C=O) groups is 2. The molecule has 0 radical (unpaired) electrons. The molecule has 1 heterocycles. The summed E-state index contributed by atoms with van der Waals surface area (Å²) < 4.78 is 27.0. The van der Waals surface area contributed by atoms with Crippen LogP contribution in [0.25, 0.3) is 6.08 Å². The van der Waals surface area contributed by atoms with Crippen molar-refractivity contribution < 1.29 is 33.3 Å². The standard InChI is InChI=1S/C28H38O7/c1-3-32-27(30)16-7-10-20-33-25-15-12-14-23(24(25)18-19-26(29)31-2)13-6-4-5-9-21-34-28-17-8-11-22-35-28/h12,14-15,18-19,28H,3-5,7-11,16-17,20-22H2,1-2H3. The van der Waals surface area contributed by atoms with Crippen molar-refractivity contribution in [2.24, 2.45) is 0 Å². The number of hydrogen-bond donors (Lipinski definition) is 0. The minimum atomic E-state index is -0.449. The van der Waals surface area contributed by atoms with Gasteiger partial charge in [0.05, 0.1) is 20.3 Å². The van der Waals surface area contributed by atoms with Gasteiger partial charge in [0.2, 0.25) is 0 Å². The maximum atomic E-state index is 11.6. The number of carbonyl (C=O) groups excluding carboxylic acids is 2. The van der Waals surface area contributed by atoms with Crippen LogP contribution in [0, 0.1) is 11.8 Å². The van der Waals surface area contributed by atoms with Gasteiger partial charge in [0.1, 0.15) is 5.75 Å². The number of benzene rings is 1. The topological polar surface area (TPSA) is 80.3 Å². The van der Waals surface area contributed by atoms with Gasteiger partial charge in [0.15, 0.2) is 6.29 Å². The predicted molar refractivity (Wildman–Crippen MR) is 134 cm³/mol. The van der Waals surface area contributed by atoms with Crippen molar-refractivity contribution >= 4 is 18.0 Å². The number of ether oxygens (including phenoxy) is 5. The number of esters is 2. The fraction of sp³-hybridized carbons (Fsp3) is 0.571. The molecule has 0 N–H and O–H groups in total. The van der Waals surface area contributed by atoms with Crippen LogP contribution in [0.5, 0.6) is 5.75 Å². The van der Waals surface area contributed by atoms with E-state index in [4.69, 9.17) is 23.7 Å². The molecule has 1 unspecified atom stereocenters. The Hall–Kier alpha value is -2.82. The molecule has 0 amide bonds. The second kappa shape index (κ2) is 17.6. The van der Waals surface area contributed by atoms with Gasteiger partial charge in [-0.25, -0.2) is 4.79 Å². The average Bonchev–Trinajstić information content (AvgIpc) is 2.87. The maximum absolute atomic E-state index is 11.6. The first-order valence-corrected chi connectivity index (χ1v) is 12.5. The van der Waals surface area contributed by atoms with Crippen LogP contribution >= 0.6 is 0 Å². The van der Waals surface area contributed by atoms with Gasteiger partial charge >= 0.3 is 11.9 Å². The largest absolute Gasteiger partial charge is 0.493 e. The van der Waals surface area contributed by atoms with Crippen molar-refractivity contribution in [3.8, 4) is 17.6 Å². The third-order valence-electron chi connectivity index (χ3n) is 5.35. The zero-order chi connectivity index (χ0) is 25.1. The van der Waals surface area contributed by atoms with Crippen LogP contribution in [0.1, 0.15) is 75.8 Å². The molecule has 0 aromatic heterocycles. The predicted octanol–water partition coefficient (Wildman–Crippen LogP) is 5.05.